The van der Waals surface area contributed by atoms with E-state index in [4.69, 9.17) is 0 Å². The Morgan fingerprint density at radius 3 is 2.74 bits per heavy atom. The van der Waals surface area contributed by atoms with Crippen LogP contribution in [0.5, 0.6) is 0 Å². The van der Waals surface area contributed by atoms with Crippen LogP contribution in [0.2, 0.25) is 0 Å². The van der Waals surface area contributed by atoms with Gasteiger partial charge in [0, 0.05) is 22.0 Å². The zero-order chi connectivity index (χ0) is 14.5. The number of nitrogens with zero attached hydrogens (tertiary/aromatic N) is 2. The third-order valence-corrected chi connectivity index (χ3v) is 4.61. The van der Waals surface area contributed by atoms with Gasteiger partial charge in [-0.1, -0.05) is 6.92 Å². The van der Waals surface area contributed by atoms with Crippen LogP contribution in [-0.2, 0) is 0 Å². The van der Waals surface area contributed by atoms with E-state index in [1.165, 1.54) is 0 Å². The molecule has 3 nitrogen and oxygen atoms in total. The molecule has 1 N–H and O–H groups in total. The summed E-state index contributed by atoms with van der Waals surface area (Å²) in [7, 11) is 0. The molecule has 2 unspecified atom stereocenters. The fourth-order valence-electron chi connectivity index (χ4n) is 2.04. The highest BCUT2D eigenvalue weighted by atomic mass is 79.9. The summed E-state index contributed by atoms with van der Waals surface area (Å²) in [6.45, 7) is 8.20. The second-order valence-electron chi connectivity index (χ2n) is 5.17. The molecule has 0 amide bonds. The number of rotatable bonds is 6. The third kappa shape index (κ3) is 5.52. The Morgan fingerprint density at radius 1 is 1.53 bits per heavy atom. The van der Waals surface area contributed by atoms with Crippen molar-refractivity contribution >= 4 is 27.7 Å². The summed E-state index contributed by atoms with van der Waals surface area (Å²) in [6, 6.07) is 6.56. The minimum atomic E-state index is -0.498. The molecule has 0 saturated carbocycles. The van der Waals surface area contributed by atoms with Crippen molar-refractivity contribution in [3.8, 4) is 6.07 Å². The molecule has 2 atom stereocenters. The van der Waals surface area contributed by atoms with Gasteiger partial charge in [-0.25, -0.2) is 4.98 Å². The van der Waals surface area contributed by atoms with Crippen LogP contribution in [0.4, 0.5) is 0 Å². The zero-order valence-electron chi connectivity index (χ0n) is 11.8. The first-order chi connectivity index (χ1) is 8.86. The monoisotopic (exact) mass is 341 g/mol. The first-order valence-electron chi connectivity index (χ1n) is 6.32. The molecule has 0 spiro atoms. The number of pyridine rings is 1. The van der Waals surface area contributed by atoms with Crippen LogP contribution in [0.25, 0.3) is 0 Å². The predicted octanol–water partition coefficient (Wildman–Crippen LogP) is 4.00. The van der Waals surface area contributed by atoms with E-state index in [1.807, 2.05) is 19.1 Å². The lowest BCUT2D eigenvalue weighted by Gasteiger charge is -2.28. The summed E-state index contributed by atoms with van der Waals surface area (Å²) in [4.78, 5) is 4.35. The standard InChI is InChI=1S/C14H20BrN3S/c1-10(2)18-14(4,9-16)8-11(3)19-13-12(15)6-5-7-17-13/h5-7,10-11,18H,8H2,1-4H3. The van der Waals surface area contributed by atoms with E-state index in [1.54, 1.807) is 18.0 Å². The van der Waals surface area contributed by atoms with E-state index in [9.17, 15) is 5.26 Å². The smallest absolute Gasteiger partial charge is 0.110 e. The van der Waals surface area contributed by atoms with Crippen molar-refractivity contribution in [2.45, 2.75) is 56.0 Å². The molecule has 0 aliphatic heterocycles. The minimum absolute atomic E-state index is 0.295. The maximum absolute atomic E-state index is 9.36. The van der Waals surface area contributed by atoms with Gasteiger partial charge in [0.15, 0.2) is 0 Å². The number of nitriles is 1. The van der Waals surface area contributed by atoms with Crippen LogP contribution in [0.3, 0.4) is 0 Å². The minimum Gasteiger partial charge on any atom is -0.297 e. The number of aromatic nitrogens is 1. The van der Waals surface area contributed by atoms with E-state index >= 15 is 0 Å². The fourth-order valence-corrected chi connectivity index (χ4v) is 3.67. The Labute approximate surface area is 128 Å². The largest absolute Gasteiger partial charge is 0.297 e. The molecule has 0 bridgehead atoms. The van der Waals surface area contributed by atoms with Gasteiger partial charge in [-0.05, 0) is 55.3 Å². The first-order valence-corrected chi connectivity index (χ1v) is 7.99. The van der Waals surface area contributed by atoms with Crippen molar-refractivity contribution in [3.63, 3.8) is 0 Å². The second kappa shape index (κ2) is 7.28. The molecule has 1 aromatic rings. The molecule has 0 aliphatic carbocycles. The molecule has 104 valence electrons. The summed E-state index contributed by atoms with van der Waals surface area (Å²) < 4.78 is 1.00. The summed E-state index contributed by atoms with van der Waals surface area (Å²) in [6.07, 6.45) is 2.56. The van der Waals surface area contributed by atoms with Gasteiger partial charge >= 0.3 is 0 Å². The zero-order valence-corrected chi connectivity index (χ0v) is 14.2. The van der Waals surface area contributed by atoms with Crippen molar-refractivity contribution in [1.82, 2.24) is 10.3 Å². The third-order valence-electron chi connectivity index (χ3n) is 2.59. The van der Waals surface area contributed by atoms with Gasteiger partial charge in [-0.15, -0.1) is 11.8 Å². The molecule has 1 aromatic heterocycles. The van der Waals surface area contributed by atoms with Crippen LogP contribution in [-0.4, -0.2) is 21.8 Å². The van der Waals surface area contributed by atoms with Gasteiger partial charge in [0.1, 0.15) is 10.6 Å². The normalized spacial score (nSPS) is 15.8. The molecule has 19 heavy (non-hydrogen) atoms. The van der Waals surface area contributed by atoms with Gasteiger partial charge in [0.2, 0.25) is 0 Å². The van der Waals surface area contributed by atoms with Crippen LogP contribution in [0, 0.1) is 11.3 Å². The summed E-state index contributed by atoms with van der Waals surface area (Å²) in [5.74, 6) is 0. The number of thioether (sulfide) groups is 1. The lowest BCUT2D eigenvalue weighted by molar-refractivity contribution is 0.382. The molecule has 1 heterocycles. The van der Waals surface area contributed by atoms with Crippen LogP contribution < -0.4 is 5.32 Å². The maximum Gasteiger partial charge on any atom is 0.110 e. The van der Waals surface area contributed by atoms with Crippen molar-refractivity contribution in [2.24, 2.45) is 0 Å². The van der Waals surface area contributed by atoms with Gasteiger partial charge in [-0.2, -0.15) is 5.26 Å². The van der Waals surface area contributed by atoms with Crippen molar-refractivity contribution in [1.29, 1.82) is 5.26 Å². The molecule has 0 aromatic carbocycles. The van der Waals surface area contributed by atoms with Crippen molar-refractivity contribution in [3.05, 3.63) is 22.8 Å². The lowest BCUT2D eigenvalue weighted by atomic mass is 9.97. The van der Waals surface area contributed by atoms with E-state index in [0.717, 1.165) is 15.9 Å². The van der Waals surface area contributed by atoms with Gasteiger partial charge in [0.25, 0.3) is 0 Å². The highest BCUT2D eigenvalue weighted by Gasteiger charge is 2.27. The molecule has 1 rings (SSSR count). The highest BCUT2D eigenvalue weighted by molar-refractivity contribution is 9.10. The van der Waals surface area contributed by atoms with E-state index in [-0.39, 0.29) is 0 Å². The Hall–Kier alpha value is -0.570. The summed E-state index contributed by atoms with van der Waals surface area (Å²) in [5, 5.41) is 14.0. The molecule has 0 saturated heterocycles. The van der Waals surface area contributed by atoms with Crippen LogP contribution in [0.15, 0.2) is 27.8 Å². The SMILES string of the molecule is CC(C)NC(C)(C#N)CC(C)Sc1ncccc1Br. The van der Waals surface area contributed by atoms with Crippen LogP contribution >= 0.6 is 27.7 Å². The van der Waals surface area contributed by atoms with Gasteiger partial charge in [-0.3, -0.25) is 5.32 Å². The van der Waals surface area contributed by atoms with E-state index in [2.05, 4.69) is 53.1 Å². The topological polar surface area (TPSA) is 48.7 Å². The fraction of sp³-hybridized carbons (Fsp3) is 0.571. The van der Waals surface area contributed by atoms with E-state index in [0.29, 0.717) is 11.3 Å². The Kier molecular flexibility index (Phi) is 6.31. The molecular formula is C14H20BrN3S. The number of nitrogens with one attached hydrogen (secondary N) is 1. The summed E-state index contributed by atoms with van der Waals surface area (Å²) in [5.41, 5.74) is -0.498. The Balaban J connectivity index is 2.67. The first kappa shape index (κ1) is 16.5. The predicted molar refractivity (Wildman–Crippen MR) is 84.2 cm³/mol. The molecule has 0 radical (unpaired) electrons. The van der Waals surface area contributed by atoms with Crippen molar-refractivity contribution < 1.29 is 0 Å². The van der Waals surface area contributed by atoms with Gasteiger partial charge in [0.05, 0.1) is 6.07 Å². The number of halogens is 1. The quantitative estimate of drug-likeness (QED) is 0.794. The van der Waals surface area contributed by atoms with Crippen molar-refractivity contribution in [2.75, 3.05) is 0 Å². The molecule has 0 fully saturated rings. The van der Waals surface area contributed by atoms with E-state index < -0.39 is 5.54 Å². The van der Waals surface area contributed by atoms with Gasteiger partial charge < -0.3 is 0 Å². The lowest BCUT2D eigenvalue weighted by Crippen LogP contribution is -2.46. The number of hydrogen-bond acceptors (Lipinski definition) is 4. The average molecular weight is 342 g/mol. The highest BCUT2D eigenvalue weighted by Crippen LogP contribution is 2.31. The second-order valence-corrected chi connectivity index (χ2v) is 7.45. The Bertz CT molecular complexity index is 458. The van der Waals surface area contributed by atoms with Crippen LogP contribution in [0.1, 0.15) is 34.1 Å². The summed E-state index contributed by atoms with van der Waals surface area (Å²) >= 11 is 5.19. The molecule has 0 aliphatic rings. The Morgan fingerprint density at radius 2 is 2.21 bits per heavy atom. The molecular weight excluding hydrogens is 322 g/mol. The molecule has 5 heteroatoms. The average Bonchev–Trinajstić information content (AvgIpc) is 2.31. The number of hydrogen-bond donors (Lipinski definition) is 1. The maximum atomic E-state index is 9.36.